The summed E-state index contributed by atoms with van der Waals surface area (Å²) in [6.45, 7) is 8.73. The zero-order valence-corrected chi connectivity index (χ0v) is 10.8. The quantitative estimate of drug-likeness (QED) is 0.528. The molecule has 0 N–H and O–H groups in total. The third-order valence-corrected chi connectivity index (χ3v) is 2.97. The molecule has 1 aliphatic carbocycles. The van der Waals surface area contributed by atoms with Crippen molar-refractivity contribution in [2.24, 2.45) is 0 Å². The van der Waals surface area contributed by atoms with Crippen LogP contribution in [0.2, 0.25) is 19.6 Å². The van der Waals surface area contributed by atoms with Gasteiger partial charge in [-0.2, -0.15) is 0 Å². The molecule has 1 aliphatic rings. The molecule has 0 fully saturated rings. The van der Waals surface area contributed by atoms with E-state index in [1.807, 2.05) is 6.08 Å². The summed E-state index contributed by atoms with van der Waals surface area (Å²) in [7, 11) is 0.234. The molecule has 0 atom stereocenters. The summed E-state index contributed by atoms with van der Waals surface area (Å²) in [6.07, 6.45) is 4.09. The highest BCUT2D eigenvalue weighted by atomic mass is 28.4. The predicted octanol–water partition coefficient (Wildman–Crippen LogP) is 3.44. The average Bonchev–Trinajstić information content (AvgIpc) is 2.06. The lowest BCUT2D eigenvalue weighted by Gasteiger charge is -2.25. The highest BCUT2D eigenvalue weighted by Crippen LogP contribution is 2.26. The summed E-state index contributed by atoms with van der Waals surface area (Å²) in [4.78, 5) is 0. The van der Waals surface area contributed by atoms with E-state index in [1.165, 1.54) is 5.57 Å². The van der Waals surface area contributed by atoms with Crippen LogP contribution >= 0.6 is 0 Å². The summed E-state index contributed by atoms with van der Waals surface area (Å²) in [5, 5.41) is 0. The normalized spacial score (nSPS) is 17.9. The maximum atomic E-state index is 5.99. The number of methoxy groups -OCH3 is 1. The van der Waals surface area contributed by atoms with E-state index in [-0.39, 0.29) is 0 Å². The second-order valence-corrected chi connectivity index (χ2v) is 9.10. The maximum Gasteiger partial charge on any atom is 0.242 e. The molecule has 14 heavy (non-hydrogen) atoms. The second kappa shape index (κ2) is 4.21. The van der Waals surface area contributed by atoms with E-state index >= 15 is 0 Å². The van der Waals surface area contributed by atoms with Gasteiger partial charge in [-0.1, -0.05) is 0 Å². The summed E-state index contributed by atoms with van der Waals surface area (Å²) < 4.78 is 11.2. The molecule has 0 bridgehead atoms. The zero-order chi connectivity index (χ0) is 10.8. The molecular weight excluding hydrogens is 193 g/mol. The van der Waals surface area contributed by atoms with Gasteiger partial charge in [-0.15, -0.1) is 0 Å². The van der Waals surface area contributed by atoms with Gasteiger partial charge in [0.05, 0.1) is 12.9 Å². The Morgan fingerprint density at radius 2 is 1.86 bits per heavy atom. The van der Waals surface area contributed by atoms with Crippen LogP contribution in [0.25, 0.3) is 0 Å². The molecule has 0 heterocycles. The SMILES string of the molecule is COC1=[13CH]C(O[Si](C)(C)C)=C(C)CC1. The summed E-state index contributed by atoms with van der Waals surface area (Å²) in [5.41, 5.74) is 1.34. The Morgan fingerprint density at radius 3 is 2.36 bits per heavy atom. The molecule has 0 aliphatic heterocycles. The fraction of sp³-hybridized carbons (Fsp3) is 0.636. The van der Waals surface area contributed by atoms with Gasteiger partial charge in [-0.25, -0.2) is 0 Å². The first kappa shape index (κ1) is 11.4. The van der Waals surface area contributed by atoms with Gasteiger partial charge >= 0.3 is 0 Å². The highest BCUT2D eigenvalue weighted by molar-refractivity contribution is 6.70. The monoisotopic (exact) mass is 213 g/mol. The topological polar surface area (TPSA) is 18.5 Å². The van der Waals surface area contributed by atoms with Crippen LogP contribution < -0.4 is 0 Å². The Kier molecular flexibility index (Phi) is 3.42. The standard InChI is InChI=1S/C11H20O2Si/c1-9-6-7-10(12-2)8-11(9)13-14(3,4)5/h8H,6-7H2,1-5H3/i8+1. The Bertz CT molecular complexity index is 272. The second-order valence-electron chi connectivity index (χ2n) is 4.67. The van der Waals surface area contributed by atoms with Crippen LogP contribution in [0.1, 0.15) is 19.8 Å². The summed E-state index contributed by atoms with van der Waals surface area (Å²) >= 11 is 0. The Labute approximate surface area is 87.7 Å². The van der Waals surface area contributed by atoms with Gasteiger partial charge in [0.1, 0.15) is 5.76 Å². The number of allylic oxidation sites excluding steroid dienone is 3. The molecule has 0 saturated carbocycles. The Hall–Kier alpha value is -0.703. The van der Waals surface area contributed by atoms with Gasteiger partial charge < -0.3 is 9.16 Å². The number of ether oxygens (including phenoxy) is 1. The van der Waals surface area contributed by atoms with Gasteiger partial charge in [-0.05, 0) is 38.6 Å². The largest absolute Gasteiger partial charge is 0.544 e. The summed E-state index contributed by atoms with van der Waals surface area (Å²) in [5.74, 6) is 2.07. The molecule has 2 nitrogen and oxygen atoms in total. The molecule has 3 heteroatoms. The minimum absolute atomic E-state index is 1.00. The molecule has 80 valence electrons. The summed E-state index contributed by atoms with van der Waals surface area (Å²) in [6, 6.07) is 0. The van der Waals surface area contributed by atoms with Crippen molar-refractivity contribution >= 4 is 8.32 Å². The van der Waals surface area contributed by atoms with Crippen molar-refractivity contribution in [1.82, 2.24) is 0 Å². The van der Waals surface area contributed by atoms with Crippen LogP contribution in [0.3, 0.4) is 0 Å². The van der Waals surface area contributed by atoms with Crippen LogP contribution in [0.4, 0.5) is 0 Å². The minimum Gasteiger partial charge on any atom is -0.544 e. The van der Waals surface area contributed by atoms with Crippen LogP contribution in [0.5, 0.6) is 0 Å². The van der Waals surface area contributed by atoms with Crippen molar-refractivity contribution in [3.63, 3.8) is 0 Å². The van der Waals surface area contributed by atoms with Gasteiger partial charge in [0.25, 0.3) is 0 Å². The minimum atomic E-state index is -1.49. The predicted molar refractivity (Wildman–Crippen MR) is 61.5 cm³/mol. The molecular formula is C11H20O2Si. The highest BCUT2D eigenvalue weighted by Gasteiger charge is 2.20. The van der Waals surface area contributed by atoms with Crippen molar-refractivity contribution < 1.29 is 9.16 Å². The Balaban J connectivity index is 2.80. The first-order valence-corrected chi connectivity index (χ1v) is 8.46. The lowest BCUT2D eigenvalue weighted by atomic mass is 10.1. The van der Waals surface area contributed by atoms with Gasteiger partial charge in [0.15, 0.2) is 0 Å². The van der Waals surface area contributed by atoms with Crippen LogP contribution in [0, 0.1) is 0 Å². The molecule has 1 rings (SSSR count). The zero-order valence-electron chi connectivity index (χ0n) is 9.81. The van der Waals surface area contributed by atoms with E-state index in [1.54, 1.807) is 7.11 Å². The van der Waals surface area contributed by atoms with Crippen LogP contribution in [0.15, 0.2) is 23.2 Å². The molecule has 0 spiro atoms. The van der Waals surface area contributed by atoms with E-state index in [2.05, 4.69) is 26.6 Å². The Morgan fingerprint density at radius 1 is 1.21 bits per heavy atom. The fourth-order valence-corrected chi connectivity index (χ4v) is 2.28. The smallest absolute Gasteiger partial charge is 0.242 e. The van der Waals surface area contributed by atoms with Gasteiger partial charge in [0, 0.05) is 12.5 Å². The van der Waals surface area contributed by atoms with E-state index in [9.17, 15) is 0 Å². The van der Waals surface area contributed by atoms with E-state index in [0.717, 1.165) is 24.4 Å². The first-order chi connectivity index (χ1) is 6.42. The molecule has 0 aromatic heterocycles. The van der Waals surface area contributed by atoms with Crippen LogP contribution in [-0.4, -0.2) is 15.4 Å². The molecule has 0 radical (unpaired) electrons. The van der Waals surface area contributed by atoms with Crippen molar-refractivity contribution in [1.29, 1.82) is 0 Å². The van der Waals surface area contributed by atoms with E-state index in [4.69, 9.17) is 9.16 Å². The maximum absolute atomic E-state index is 5.99. The van der Waals surface area contributed by atoms with Crippen molar-refractivity contribution in [2.75, 3.05) is 7.11 Å². The van der Waals surface area contributed by atoms with Gasteiger partial charge in [-0.3, -0.25) is 0 Å². The molecule has 0 aromatic carbocycles. The number of hydrogen-bond donors (Lipinski definition) is 0. The third-order valence-electron chi connectivity index (χ3n) is 2.14. The van der Waals surface area contributed by atoms with Crippen molar-refractivity contribution in [2.45, 2.75) is 39.4 Å². The molecule has 0 aromatic rings. The van der Waals surface area contributed by atoms with Crippen LogP contribution in [-0.2, 0) is 9.16 Å². The molecule has 0 unspecified atom stereocenters. The lowest BCUT2D eigenvalue weighted by molar-refractivity contribution is 0.269. The number of rotatable bonds is 3. The van der Waals surface area contributed by atoms with Gasteiger partial charge in [0.2, 0.25) is 8.32 Å². The first-order valence-electron chi connectivity index (χ1n) is 5.06. The van der Waals surface area contributed by atoms with Crippen molar-refractivity contribution in [3.05, 3.63) is 23.2 Å². The van der Waals surface area contributed by atoms with E-state index < -0.39 is 8.32 Å². The third kappa shape index (κ3) is 3.22. The van der Waals surface area contributed by atoms with Crippen molar-refractivity contribution in [3.8, 4) is 0 Å². The lowest BCUT2D eigenvalue weighted by Crippen LogP contribution is -2.25. The van der Waals surface area contributed by atoms with E-state index in [0.29, 0.717) is 0 Å². The number of hydrogen-bond acceptors (Lipinski definition) is 2. The molecule has 0 saturated heterocycles. The fourth-order valence-electron chi connectivity index (χ4n) is 1.38. The molecule has 0 amide bonds. The average molecular weight is 213 g/mol.